The van der Waals surface area contributed by atoms with E-state index in [4.69, 9.17) is 26.6 Å². The Hall–Kier alpha value is 0.534. The normalized spacial score (nSPS) is 12.1. The van der Waals surface area contributed by atoms with Crippen LogP contribution in [0.3, 0.4) is 0 Å². The predicted octanol–water partition coefficient (Wildman–Crippen LogP) is 6.64. The molecule has 38 heavy (non-hydrogen) atoms. The molecule has 2 amide bonds. The Morgan fingerprint density at radius 3 is 1.05 bits per heavy atom. The van der Waals surface area contributed by atoms with Crippen molar-refractivity contribution >= 4 is 69.3 Å². The first-order chi connectivity index (χ1) is 18.2. The first kappa shape index (κ1) is 38.5. The molecule has 0 aromatic rings. The summed E-state index contributed by atoms with van der Waals surface area (Å²) < 4.78 is 35.2. The van der Waals surface area contributed by atoms with Gasteiger partial charge in [0.05, 0.1) is 0 Å². The summed E-state index contributed by atoms with van der Waals surface area (Å²) in [6.07, 6.45) is 1.45. The molecule has 0 aromatic carbocycles. The third-order valence-electron chi connectivity index (χ3n) is 5.00. The van der Waals surface area contributed by atoms with Gasteiger partial charge in [-0.25, -0.2) is 0 Å². The Balaban J connectivity index is 4.37. The lowest BCUT2D eigenvalue weighted by atomic mass is 10.4. The van der Waals surface area contributed by atoms with Crippen LogP contribution in [0, 0.1) is 0 Å². The Morgan fingerprint density at radius 2 is 0.816 bits per heavy atom. The number of rotatable bonds is 23. The maximum atomic E-state index is 12.5. The highest BCUT2D eigenvalue weighted by Gasteiger charge is 2.40. The van der Waals surface area contributed by atoms with Crippen LogP contribution in [0.15, 0.2) is 0 Å². The second kappa shape index (κ2) is 23.1. The Labute approximate surface area is 247 Å². The molecule has 0 fully saturated rings. The molecule has 0 unspecified atom stereocenters. The van der Waals surface area contributed by atoms with Gasteiger partial charge in [0.25, 0.3) is 10.5 Å². The van der Waals surface area contributed by atoms with Crippen LogP contribution in [0.25, 0.3) is 0 Å². The lowest BCUT2D eigenvalue weighted by Crippen LogP contribution is -2.46. The van der Waals surface area contributed by atoms with Crippen molar-refractivity contribution in [3.8, 4) is 0 Å². The van der Waals surface area contributed by atoms with Crippen molar-refractivity contribution in [2.45, 2.75) is 66.5 Å². The molecule has 226 valence electrons. The highest BCUT2D eigenvalue weighted by atomic mass is 33.7. The molecule has 0 aliphatic heterocycles. The van der Waals surface area contributed by atoms with Gasteiger partial charge in [-0.1, -0.05) is 0 Å². The largest absolute Gasteiger partial charge is 0.500 e. The molecule has 0 saturated heterocycles. The smallest absolute Gasteiger partial charge is 0.374 e. The van der Waals surface area contributed by atoms with Crippen LogP contribution >= 0.6 is 41.2 Å². The van der Waals surface area contributed by atoms with Crippen molar-refractivity contribution in [2.75, 3.05) is 66.8 Å². The average Bonchev–Trinajstić information content (AvgIpc) is 2.87. The number of hydrogen-bond acceptors (Lipinski definition) is 12. The van der Waals surface area contributed by atoms with Crippen LogP contribution in [0.1, 0.15) is 54.4 Å². The molecule has 0 bridgehead atoms. The van der Waals surface area contributed by atoms with E-state index in [0.717, 1.165) is 34.4 Å². The van der Waals surface area contributed by atoms with E-state index in [1.54, 1.807) is 23.9 Å². The number of carbonyl (C=O) groups excluding carboxylic acids is 2. The summed E-state index contributed by atoms with van der Waals surface area (Å²) in [6, 6.07) is 1.32. The number of carbonyl (C=O) groups is 2. The molecule has 0 N–H and O–H groups in total. The zero-order valence-electron chi connectivity index (χ0n) is 24.3. The molecule has 10 nitrogen and oxygen atoms in total. The van der Waals surface area contributed by atoms with Gasteiger partial charge in [-0.2, -0.15) is 0 Å². The van der Waals surface area contributed by atoms with Gasteiger partial charge in [0, 0.05) is 101 Å². The lowest BCUT2D eigenvalue weighted by molar-refractivity contribution is 0.0696. The minimum absolute atomic E-state index is 0.0653. The standard InChI is InChI=1S/C22H48N2O8S4Si2/c1-9-27-37(28-10-2,29-11-3)19-15-17-23(7)21(25)33-35-36-34-22(26)24(8)18-16-20-38(30-12-4,31-13-5)32-14-6/h9-20H2,1-8H3. The van der Waals surface area contributed by atoms with E-state index < -0.39 is 17.6 Å². The van der Waals surface area contributed by atoms with Gasteiger partial charge in [0.15, 0.2) is 0 Å². The molecule has 0 radical (unpaired) electrons. The summed E-state index contributed by atoms with van der Waals surface area (Å²) in [5.74, 6) is 0. The van der Waals surface area contributed by atoms with E-state index >= 15 is 0 Å². The number of hydrogen-bond donors (Lipinski definition) is 0. The molecule has 0 saturated carbocycles. The second-order valence-electron chi connectivity index (χ2n) is 7.85. The van der Waals surface area contributed by atoms with Crippen molar-refractivity contribution in [1.29, 1.82) is 0 Å². The summed E-state index contributed by atoms with van der Waals surface area (Å²) in [4.78, 5) is 28.3. The first-order valence-electron chi connectivity index (χ1n) is 13.2. The van der Waals surface area contributed by atoms with Crippen molar-refractivity contribution in [3.05, 3.63) is 0 Å². The molecule has 0 heterocycles. The zero-order chi connectivity index (χ0) is 28.9. The minimum atomic E-state index is -2.70. The van der Waals surface area contributed by atoms with Crippen molar-refractivity contribution in [3.63, 3.8) is 0 Å². The Morgan fingerprint density at radius 1 is 0.553 bits per heavy atom. The number of amides is 2. The van der Waals surface area contributed by atoms with E-state index in [1.165, 1.54) is 19.7 Å². The summed E-state index contributed by atoms with van der Waals surface area (Å²) in [6.45, 7) is 15.9. The second-order valence-corrected chi connectivity index (χ2v) is 18.9. The summed E-state index contributed by atoms with van der Waals surface area (Å²) in [5.41, 5.74) is 0. The fourth-order valence-electron chi connectivity index (χ4n) is 3.46. The van der Waals surface area contributed by atoms with Crippen molar-refractivity contribution in [2.24, 2.45) is 0 Å². The fourth-order valence-corrected chi connectivity index (χ4v) is 13.6. The monoisotopic (exact) mass is 652 g/mol. The summed E-state index contributed by atoms with van der Waals surface area (Å²) in [5, 5.41) is -0.131. The molecular weight excluding hydrogens is 605 g/mol. The highest BCUT2D eigenvalue weighted by Crippen LogP contribution is 2.44. The SMILES string of the molecule is CCO[Si](CCCN(C)C(=O)SSSSC(=O)N(C)CCC[Si](OCC)(OCC)OCC)(OCC)OCC. The predicted molar refractivity (Wildman–Crippen MR) is 167 cm³/mol. The maximum absolute atomic E-state index is 12.5. The van der Waals surface area contributed by atoms with Gasteiger partial charge in [0.2, 0.25) is 0 Å². The van der Waals surface area contributed by atoms with Gasteiger partial charge < -0.3 is 36.4 Å². The van der Waals surface area contributed by atoms with E-state index in [2.05, 4.69) is 0 Å². The van der Waals surface area contributed by atoms with Crippen LogP contribution in [-0.4, -0.2) is 105 Å². The highest BCUT2D eigenvalue weighted by molar-refractivity contribution is 9.28. The van der Waals surface area contributed by atoms with Crippen molar-refractivity contribution in [1.82, 2.24) is 9.80 Å². The van der Waals surface area contributed by atoms with Gasteiger partial charge in [-0.15, -0.1) is 0 Å². The lowest BCUT2D eigenvalue weighted by Gasteiger charge is -2.29. The topological polar surface area (TPSA) is 96.0 Å². The first-order valence-corrected chi connectivity index (χ1v) is 21.9. The van der Waals surface area contributed by atoms with Crippen LogP contribution in [0.5, 0.6) is 0 Å². The maximum Gasteiger partial charge on any atom is 0.500 e. The molecular formula is C22H48N2O8S4Si2. The van der Waals surface area contributed by atoms with E-state index in [0.29, 0.717) is 64.8 Å². The molecule has 0 spiro atoms. The molecule has 0 aliphatic carbocycles. The fraction of sp³-hybridized carbons (Fsp3) is 0.909. The average molecular weight is 653 g/mol. The molecule has 0 atom stereocenters. The van der Waals surface area contributed by atoms with Gasteiger partial charge in [-0.05, 0) is 74.0 Å². The van der Waals surface area contributed by atoms with Crippen LogP contribution < -0.4 is 0 Å². The number of nitrogens with zero attached hydrogens (tertiary/aromatic N) is 2. The molecule has 0 aromatic heterocycles. The Bertz CT molecular complexity index is 560. The minimum Gasteiger partial charge on any atom is -0.374 e. The molecule has 0 aliphatic rings. The summed E-state index contributed by atoms with van der Waals surface area (Å²) in [7, 11) is 2.93. The van der Waals surface area contributed by atoms with Crippen LogP contribution in [0.2, 0.25) is 12.1 Å². The van der Waals surface area contributed by atoms with Crippen molar-refractivity contribution < 1.29 is 36.1 Å². The zero-order valence-corrected chi connectivity index (χ0v) is 29.5. The van der Waals surface area contributed by atoms with E-state index in [-0.39, 0.29) is 10.5 Å². The third-order valence-corrected chi connectivity index (χ3v) is 17.1. The van der Waals surface area contributed by atoms with E-state index in [9.17, 15) is 9.59 Å². The van der Waals surface area contributed by atoms with Crippen LogP contribution in [0.4, 0.5) is 9.59 Å². The van der Waals surface area contributed by atoms with Gasteiger partial charge >= 0.3 is 17.6 Å². The van der Waals surface area contributed by atoms with Crippen LogP contribution in [-0.2, 0) is 26.6 Å². The van der Waals surface area contributed by atoms with Gasteiger partial charge in [0.1, 0.15) is 0 Å². The van der Waals surface area contributed by atoms with Gasteiger partial charge in [-0.3, -0.25) is 9.59 Å². The molecule has 0 rings (SSSR count). The quantitative estimate of drug-likeness (QED) is 0.0672. The third kappa shape index (κ3) is 16.1. The molecule has 16 heteroatoms. The Kier molecular flexibility index (Phi) is 23.5. The van der Waals surface area contributed by atoms with E-state index in [1.807, 2.05) is 41.5 Å². The summed E-state index contributed by atoms with van der Waals surface area (Å²) >= 11 is 0.